The van der Waals surface area contributed by atoms with Crippen molar-refractivity contribution in [1.82, 2.24) is 19.8 Å². The predicted octanol–water partition coefficient (Wildman–Crippen LogP) is 4.28. The second-order valence-electron chi connectivity index (χ2n) is 6.63. The largest absolute Gasteiger partial charge is 0.497 e. The third kappa shape index (κ3) is 2.98. The molecule has 0 amide bonds. The monoisotopic (exact) mass is 382 g/mol. The van der Waals surface area contributed by atoms with E-state index in [-0.39, 0.29) is 0 Å². The van der Waals surface area contributed by atoms with Crippen LogP contribution in [-0.4, -0.2) is 26.9 Å². The minimum absolute atomic E-state index is 0.657. The lowest BCUT2D eigenvalue weighted by molar-refractivity contribution is 0.415. The van der Waals surface area contributed by atoms with E-state index in [4.69, 9.17) is 15.6 Å². The highest BCUT2D eigenvalue weighted by atomic mass is 16.5. The molecule has 3 aromatic carbocycles. The third-order valence-corrected chi connectivity index (χ3v) is 4.76. The van der Waals surface area contributed by atoms with Crippen molar-refractivity contribution in [3.05, 3.63) is 72.8 Å². The number of nitrogens with two attached hydrogens (primary N) is 1. The van der Waals surface area contributed by atoms with E-state index in [0.717, 1.165) is 27.8 Å². The van der Waals surface area contributed by atoms with Crippen LogP contribution in [0.5, 0.6) is 5.75 Å². The van der Waals surface area contributed by atoms with Crippen molar-refractivity contribution in [1.29, 1.82) is 0 Å². The molecule has 0 fully saturated rings. The average molecular weight is 382 g/mol. The molecule has 2 heterocycles. The summed E-state index contributed by atoms with van der Waals surface area (Å²) in [4.78, 5) is 0. The molecular weight excluding hydrogens is 364 g/mol. The minimum atomic E-state index is 0.657. The summed E-state index contributed by atoms with van der Waals surface area (Å²) in [6, 6.07) is 23.2. The molecule has 5 aromatic rings. The number of ether oxygens (including phenoxy) is 1. The number of nitrogens with zero attached hydrogens (tertiary/aromatic N) is 4. The Bertz CT molecular complexity index is 1330. The summed E-state index contributed by atoms with van der Waals surface area (Å²) >= 11 is 0. The summed E-state index contributed by atoms with van der Waals surface area (Å²) in [5, 5.41) is 18.9. The number of nitrogen functional groups attached to an aromatic ring is 1. The van der Waals surface area contributed by atoms with Crippen molar-refractivity contribution in [2.75, 3.05) is 18.2 Å². The van der Waals surface area contributed by atoms with Gasteiger partial charge in [-0.1, -0.05) is 30.3 Å². The van der Waals surface area contributed by atoms with Crippen molar-refractivity contribution >= 4 is 33.6 Å². The van der Waals surface area contributed by atoms with Crippen molar-refractivity contribution in [2.24, 2.45) is 0 Å². The van der Waals surface area contributed by atoms with Gasteiger partial charge in [0.15, 0.2) is 17.3 Å². The zero-order chi connectivity index (χ0) is 19.8. The smallest absolute Gasteiger partial charge is 0.186 e. The Labute approximate surface area is 166 Å². The predicted molar refractivity (Wildman–Crippen MR) is 114 cm³/mol. The van der Waals surface area contributed by atoms with Crippen LogP contribution in [0.25, 0.3) is 27.8 Å². The van der Waals surface area contributed by atoms with Gasteiger partial charge in [0.2, 0.25) is 0 Å². The highest BCUT2D eigenvalue weighted by Crippen LogP contribution is 2.30. The van der Waals surface area contributed by atoms with Gasteiger partial charge in [-0.25, -0.2) is 0 Å². The molecular formula is C22H18N6O. The van der Waals surface area contributed by atoms with Gasteiger partial charge >= 0.3 is 0 Å². The van der Waals surface area contributed by atoms with Crippen LogP contribution in [0.2, 0.25) is 0 Å². The van der Waals surface area contributed by atoms with Crippen LogP contribution < -0.4 is 15.8 Å². The number of aromatic nitrogens is 4. The number of nitrogens with one attached hydrogen (secondary N) is 1. The van der Waals surface area contributed by atoms with Crippen LogP contribution in [-0.2, 0) is 0 Å². The van der Waals surface area contributed by atoms with E-state index in [1.807, 2.05) is 72.8 Å². The number of anilines is 3. The fourth-order valence-corrected chi connectivity index (χ4v) is 3.35. The van der Waals surface area contributed by atoms with Gasteiger partial charge in [0.1, 0.15) is 5.75 Å². The van der Waals surface area contributed by atoms with Crippen LogP contribution in [0.4, 0.5) is 17.2 Å². The second kappa shape index (κ2) is 6.79. The molecule has 0 radical (unpaired) electrons. The first-order valence-corrected chi connectivity index (χ1v) is 9.14. The summed E-state index contributed by atoms with van der Waals surface area (Å²) in [7, 11) is 1.64. The summed E-state index contributed by atoms with van der Waals surface area (Å²) in [6.07, 6.45) is 0. The molecule has 0 atom stereocenters. The third-order valence-electron chi connectivity index (χ3n) is 4.76. The molecule has 0 aliphatic heterocycles. The number of fused-ring (bicyclic) bond motifs is 3. The standard InChI is InChI=1S/C22H18N6O/c1-29-17-11-9-14(10-12-17)21-25-26-22-19-8-3-2-7-18(19)20(27-28(21)22)24-16-6-4-5-15(23)13-16/h2-13H,23H2,1H3,(H,24,27). The van der Waals surface area contributed by atoms with E-state index < -0.39 is 0 Å². The Morgan fingerprint density at radius 2 is 1.69 bits per heavy atom. The molecule has 7 nitrogen and oxygen atoms in total. The SMILES string of the molecule is COc1ccc(-c2nnc3c4ccccc4c(Nc4cccc(N)c4)nn23)cc1. The maximum absolute atomic E-state index is 5.93. The molecule has 2 aromatic heterocycles. The first-order valence-electron chi connectivity index (χ1n) is 9.14. The van der Waals surface area contributed by atoms with Crippen LogP contribution >= 0.6 is 0 Å². The van der Waals surface area contributed by atoms with Gasteiger partial charge in [-0.05, 0) is 42.5 Å². The van der Waals surface area contributed by atoms with Gasteiger partial charge in [-0.15, -0.1) is 15.3 Å². The molecule has 7 heteroatoms. The summed E-state index contributed by atoms with van der Waals surface area (Å²) < 4.78 is 7.01. The Hall–Kier alpha value is -4.13. The number of hydrogen-bond donors (Lipinski definition) is 2. The maximum atomic E-state index is 5.93. The Balaban J connectivity index is 1.71. The number of benzene rings is 3. The average Bonchev–Trinajstić information content (AvgIpc) is 3.18. The number of methoxy groups -OCH3 is 1. The molecule has 0 saturated heterocycles. The molecule has 5 rings (SSSR count). The van der Waals surface area contributed by atoms with E-state index in [2.05, 4.69) is 15.5 Å². The van der Waals surface area contributed by atoms with E-state index in [1.165, 1.54) is 0 Å². The highest BCUT2D eigenvalue weighted by Gasteiger charge is 2.15. The van der Waals surface area contributed by atoms with E-state index in [0.29, 0.717) is 23.0 Å². The second-order valence-corrected chi connectivity index (χ2v) is 6.63. The van der Waals surface area contributed by atoms with Crippen LogP contribution in [0.15, 0.2) is 72.8 Å². The molecule has 3 N–H and O–H groups in total. The summed E-state index contributed by atoms with van der Waals surface area (Å²) in [6.45, 7) is 0. The van der Waals surface area contributed by atoms with Crippen LogP contribution in [0.3, 0.4) is 0 Å². The molecule has 0 aliphatic carbocycles. The van der Waals surface area contributed by atoms with E-state index in [1.54, 1.807) is 11.6 Å². The Kier molecular flexibility index (Phi) is 3.98. The van der Waals surface area contributed by atoms with Gasteiger partial charge in [0.25, 0.3) is 0 Å². The van der Waals surface area contributed by atoms with Gasteiger partial charge in [-0.2, -0.15) is 4.52 Å². The number of hydrogen-bond acceptors (Lipinski definition) is 6. The first kappa shape index (κ1) is 17.0. The molecule has 142 valence electrons. The van der Waals surface area contributed by atoms with Gasteiger partial charge < -0.3 is 15.8 Å². The summed E-state index contributed by atoms with van der Waals surface area (Å²) in [5.41, 5.74) is 9.07. The zero-order valence-electron chi connectivity index (χ0n) is 15.7. The maximum Gasteiger partial charge on any atom is 0.186 e. The molecule has 0 unspecified atom stereocenters. The Morgan fingerprint density at radius 3 is 2.45 bits per heavy atom. The quantitative estimate of drug-likeness (QED) is 0.451. The fraction of sp³-hybridized carbons (Fsp3) is 0.0455. The van der Waals surface area contributed by atoms with Gasteiger partial charge in [-0.3, -0.25) is 0 Å². The summed E-state index contributed by atoms with van der Waals surface area (Å²) in [5.74, 6) is 2.14. The van der Waals surface area contributed by atoms with Gasteiger partial charge in [0, 0.05) is 27.7 Å². The molecule has 0 spiro atoms. The van der Waals surface area contributed by atoms with Crippen molar-refractivity contribution in [3.8, 4) is 17.1 Å². The van der Waals surface area contributed by atoms with Crippen molar-refractivity contribution < 1.29 is 4.74 Å². The van der Waals surface area contributed by atoms with Crippen molar-refractivity contribution in [2.45, 2.75) is 0 Å². The normalized spacial score (nSPS) is 11.1. The molecule has 0 saturated carbocycles. The van der Waals surface area contributed by atoms with Crippen LogP contribution in [0, 0.1) is 0 Å². The zero-order valence-corrected chi connectivity index (χ0v) is 15.7. The first-order chi connectivity index (χ1) is 14.2. The van der Waals surface area contributed by atoms with Crippen LogP contribution in [0.1, 0.15) is 0 Å². The lowest BCUT2D eigenvalue weighted by Crippen LogP contribution is -2.03. The van der Waals surface area contributed by atoms with E-state index in [9.17, 15) is 0 Å². The molecule has 0 aliphatic rings. The minimum Gasteiger partial charge on any atom is -0.497 e. The molecule has 29 heavy (non-hydrogen) atoms. The van der Waals surface area contributed by atoms with E-state index >= 15 is 0 Å². The van der Waals surface area contributed by atoms with Gasteiger partial charge in [0.05, 0.1) is 7.11 Å². The molecule has 0 bridgehead atoms. The fourth-order valence-electron chi connectivity index (χ4n) is 3.35. The lowest BCUT2D eigenvalue weighted by Gasteiger charge is -2.11. The topological polar surface area (TPSA) is 90.4 Å². The Morgan fingerprint density at radius 1 is 0.897 bits per heavy atom. The lowest BCUT2D eigenvalue weighted by atomic mass is 10.1. The highest BCUT2D eigenvalue weighted by molar-refractivity contribution is 6.01. The van der Waals surface area contributed by atoms with Crippen molar-refractivity contribution in [3.63, 3.8) is 0 Å². The number of rotatable bonds is 4.